The van der Waals surface area contributed by atoms with Crippen molar-refractivity contribution in [2.24, 2.45) is 5.92 Å². The van der Waals surface area contributed by atoms with Crippen LogP contribution in [0.1, 0.15) is 32.3 Å². The van der Waals surface area contributed by atoms with E-state index in [1.165, 1.54) is 12.7 Å². The van der Waals surface area contributed by atoms with Gasteiger partial charge in [0, 0.05) is 12.6 Å². The van der Waals surface area contributed by atoms with Crippen molar-refractivity contribution in [2.75, 3.05) is 11.4 Å². The van der Waals surface area contributed by atoms with E-state index in [2.05, 4.69) is 28.7 Å². The smallest absolute Gasteiger partial charge is 0.140 e. The normalized spacial score (nSPS) is 20.3. The number of aromatic nitrogens is 2. The number of aliphatic hydroxyl groups excluding tert-OH is 1. The third-order valence-corrected chi connectivity index (χ3v) is 3.69. The standard InChI is InChI=1S/C12H18ClN3O/c1-8(2)10-4-3-5-16(10)12-9(6-17)11(13)14-7-15-12/h7-8,10,17H,3-6H2,1-2H3. The van der Waals surface area contributed by atoms with Crippen LogP contribution in [0.3, 0.4) is 0 Å². The average molecular weight is 256 g/mol. The van der Waals surface area contributed by atoms with E-state index in [0.717, 1.165) is 18.8 Å². The van der Waals surface area contributed by atoms with Crippen LogP contribution in [0.15, 0.2) is 6.33 Å². The van der Waals surface area contributed by atoms with Crippen LogP contribution in [0.5, 0.6) is 0 Å². The first kappa shape index (κ1) is 12.6. The van der Waals surface area contributed by atoms with Gasteiger partial charge in [0.1, 0.15) is 17.3 Å². The summed E-state index contributed by atoms with van der Waals surface area (Å²) in [5.74, 6) is 1.36. The molecule has 94 valence electrons. The molecule has 2 rings (SSSR count). The summed E-state index contributed by atoms with van der Waals surface area (Å²) in [7, 11) is 0. The van der Waals surface area contributed by atoms with Crippen molar-refractivity contribution in [3.63, 3.8) is 0 Å². The molecule has 5 heteroatoms. The SMILES string of the molecule is CC(C)C1CCCN1c1ncnc(Cl)c1CO. The molecule has 1 unspecified atom stereocenters. The lowest BCUT2D eigenvalue weighted by molar-refractivity contribution is 0.281. The summed E-state index contributed by atoms with van der Waals surface area (Å²) < 4.78 is 0. The zero-order chi connectivity index (χ0) is 12.4. The van der Waals surface area contributed by atoms with Gasteiger partial charge in [-0.2, -0.15) is 0 Å². The largest absolute Gasteiger partial charge is 0.391 e. The number of hydrogen-bond donors (Lipinski definition) is 1. The highest BCUT2D eigenvalue weighted by molar-refractivity contribution is 6.30. The van der Waals surface area contributed by atoms with Crippen molar-refractivity contribution in [1.82, 2.24) is 9.97 Å². The van der Waals surface area contributed by atoms with Crippen LogP contribution in [-0.2, 0) is 6.61 Å². The van der Waals surface area contributed by atoms with Gasteiger partial charge < -0.3 is 10.0 Å². The summed E-state index contributed by atoms with van der Waals surface area (Å²) in [5.41, 5.74) is 0.640. The van der Waals surface area contributed by atoms with Crippen molar-refractivity contribution < 1.29 is 5.11 Å². The van der Waals surface area contributed by atoms with E-state index >= 15 is 0 Å². The third-order valence-electron chi connectivity index (χ3n) is 3.37. The highest BCUT2D eigenvalue weighted by Crippen LogP contribution is 2.32. The van der Waals surface area contributed by atoms with Gasteiger partial charge in [-0.05, 0) is 18.8 Å². The lowest BCUT2D eigenvalue weighted by Gasteiger charge is -2.30. The second-order valence-corrected chi connectivity index (χ2v) is 5.13. The molecule has 1 aliphatic rings. The molecule has 0 amide bonds. The van der Waals surface area contributed by atoms with Gasteiger partial charge in [-0.1, -0.05) is 25.4 Å². The fraction of sp³-hybridized carbons (Fsp3) is 0.667. The lowest BCUT2D eigenvalue weighted by atomic mass is 10.0. The maximum atomic E-state index is 9.39. The van der Waals surface area contributed by atoms with Crippen molar-refractivity contribution in [2.45, 2.75) is 39.3 Å². The Labute approximate surface area is 107 Å². The Kier molecular flexibility index (Phi) is 3.84. The Hall–Kier alpha value is -0.870. The van der Waals surface area contributed by atoms with E-state index in [0.29, 0.717) is 22.7 Å². The first-order chi connectivity index (χ1) is 8.15. The maximum Gasteiger partial charge on any atom is 0.140 e. The lowest BCUT2D eigenvalue weighted by Crippen LogP contribution is -2.34. The molecule has 1 fully saturated rings. The molecule has 1 N–H and O–H groups in total. The average Bonchev–Trinajstić information content (AvgIpc) is 2.77. The monoisotopic (exact) mass is 255 g/mol. The summed E-state index contributed by atoms with van der Waals surface area (Å²) >= 11 is 6.00. The molecule has 1 atom stereocenters. The van der Waals surface area contributed by atoms with E-state index in [-0.39, 0.29) is 6.61 Å². The predicted octanol–water partition coefficient (Wildman–Crippen LogP) is 2.25. The van der Waals surface area contributed by atoms with Gasteiger partial charge in [-0.15, -0.1) is 0 Å². The van der Waals surface area contributed by atoms with Crippen LogP contribution < -0.4 is 4.90 Å². The predicted molar refractivity (Wildman–Crippen MR) is 68.2 cm³/mol. The topological polar surface area (TPSA) is 49.2 Å². The molecule has 0 aliphatic carbocycles. The van der Waals surface area contributed by atoms with Gasteiger partial charge in [0.15, 0.2) is 0 Å². The summed E-state index contributed by atoms with van der Waals surface area (Å²) in [6.07, 6.45) is 3.80. The van der Waals surface area contributed by atoms with E-state index in [1.807, 2.05) is 0 Å². The molecular formula is C12H18ClN3O. The molecule has 1 aromatic heterocycles. The van der Waals surface area contributed by atoms with Crippen LogP contribution in [-0.4, -0.2) is 27.7 Å². The summed E-state index contributed by atoms with van der Waals surface area (Å²) in [6, 6.07) is 0.478. The minimum absolute atomic E-state index is 0.115. The van der Waals surface area contributed by atoms with Crippen LogP contribution in [0, 0.1) is 5.92 Å². The number of halogens is 1. The van der Waals surface area contributed by atoms with Gasteiger partial charge in [-0.3, -0.25) is 0 Å². The van der Waals surface area contributed by atoms with Gasteiger partial charge in [-0.25, -0.2) is 9.97 Å². The molecule has 0 bridgehead atoms. The number of nitrogens with zero attached hydrogens (tertiary/aromatic N) is 3. The Morgan fingerprint density at radius 3 is 2.94 bits per heavy atom. The minimum Gasteiger partial charge on any atom is -0.391 e. The van der Waals surface area contributed by atoms with Crippen LogP contribution in [0.4, 0.5) is 5.82 Å². The summed E-state index contributed by atoms with van der Waals surface area (Å²) in [5, 5.41) is 9.75. The number of hydrogen-bond acceptors (Lipinski definition) is 4. The molecule has 4 nitrogen and oxygen atoms in total. The van der Waals surface area contributed by atoms with E-state index in [4.69, 9.17) is 11.6 Å². The molecule has 0 saturated carbocycles. The number of rotatable bonds is 3. The summed E-state index contributed by atoms with van der Waals surface area (Å²) in [4.78, 5) is 10.5. The molecular weight excluding hydrogens is 238 g/mol. The maximum absolute atomic E-state index is 9.39. The molecule has 1 saturated heterocycles. The van der Waals surface area contributed by atoms with Crippen molar-refractivity contribution >= 4 is 17.4 Å². The molecule has 0 spiro atoms. The molecule has 0 aromatic carbocycles. The zero-order valence-corrected chi connectivity index (χ0v) is 11.0. The van der Waals surface area contributed by atoms with Gasteiger partial charge >= 0.3 is 0 Å². The molecule has 17 heavy (non-hydrogen) atoms. The quantitative estimate of drug-likeness (QED) is 0.842. The Morgan fingerprint density at radius 2 is 2.29 bits per heavy atom. The van der Waals surface area contributed by atoms with Gasteiger partial charge in [0.2, 0.25) is 0 Å². The van der Waals surface area contributed by atoms with Crippen LogP contribution in [0.2, 0.25) is 5.15 Å². The Morgan fingerprint density at radius 1 is 1.53 bits per heavy atom. The van der Waals surface area contributed by atoms with Crippen molar-refractivity contribution in [3.8, 4) is 0 Å². The summed E-state index contributed by atoms with van der Waals surface area (Å²) in [6.45, 7) is 5.29. The first-order valence-electron chi connectivity index (χ1n) is 6.02. The van der Waals surface area contributed by atoms with Crippen LogP contribution in [0.25, 0.3) is 0 Å². The molecule has 1 aromatic rings. The molecule has 0 radical (unpaired) electrons. The second-order valence-electron chi connectivity index (χ2n) is 4.77. The molecule has 2 heterocycles. The molecule has 1 aliphatic heterocycles. The zero-order valence-electron chi connectivity index (χ0n) is 10.2. The third kappa shape index (κ3) is 2.38. The van der Waals surface area contributed by atoms with Gasteiger partial charge in [0.25, 0.3) is 0 Å². The van der Waals surface area contributed by atoms with Gasteiger partial charge in [0.05, 0.1) is 12.2 Å². The van der Waals surface area contributed by atoms with Crippen molar-refractivity contribution in [3.05, 3.63) is 17.0 Å². The van der Waals surface area contributed by atoms with E-state index in [1.54, 1.807) is 0 Å². The fourth-order valence-electron chi connectivity index (χ4n) is 2.51. The second kappa shape index (κ2) is 5.19. The van der Waals surface area contributed by atoms with E-state index in [9.17, 15) is 5.11 Å². The number of anilines is 1. The minimum atomic E-state index is -0.115. The Bertz CT molecular complexity index is 397. The fourth-order valence-corrected chi connectivity index (χ4v) is 2.70. The van der Waals surface area contributed by atoms with Crippen LogP contribution >= 0.6 is 11.6 Å². The highest BCUT2D eigenvalue weighted by Gasteiger charge is 2.30. The van der Waals surface area contributed by atoms with Crippen molar-refractivity contribution in [1.29, 1.82) is 0 Å². The first-order valence-corrected chi connectivity index (χ1v) is 6.39. The number of aliphatic hydroxyl groups is 1. The van der Waals surface area contributed by atoms with E-state index < -0.39 is 0 Å². The Balaban J connectivity index is 2.36. The highest BCUT2D eigenvalue weighted by atomic mass is 35.5.